The van der Waals surface area contributed by atoms with E-state index in [0.717, 1.165) is 22.3 Å². The maximum atomic E-state index is 13.3. The van der Waals surface area contributed by atoms with Crippen LogP contribution in [0.3, 0.4) is 0 Å². The van der Waals surface area contributed by atoms with Crippen LogP contribution in [0, 0.1) is 5.82 Å². The third-order valence-electron chi connectivity index (χ3n) is 2.82. The summed E-state index contributed by atoms with van der Waals surface area (Å²) in [4.78, 5) is 8.39. The van der Waals surface area contributed by atoms with Crippen molar-refractivity contribution >= 4 is 15.9 Å². The largest absolute Gasteiger partial charge is 0.309 e. The van der Waals surface area contributed by atoms with Crippen molar-refractivity contribution in [1.29, 1.82) is 0 Å². The van der Waals surface area contributed by atoms with Crippen molar-refractivity contribution in [3.63, 3.8) is 0 Å². The van der Waals surface area contributed by atoms with E-state index >= 15 is 0 Å². The normalized spacial score (nSPS) is 12.4. The van der Waals surface area contributed by atoms with E-state index < -0.39 is 0 Å². The van der Waals surface area contributed by atoms with E-state index in [-0.39, 0.29) is 11.9 Å². The SMILES string of the molecule is CCNC(Cc1cc(F)ccc1Br)c1cnccn1. The Kier molecular flexibility index (Phi) is 4.99. The molecule has 1 aromatic carbocycles. The standard InChI is InChI=1S/C14H15BrFN3/c1-2-18-13(14-9-17-5-6-19-14)8-10-7-11(16)3-4-12(10)15/h3-7,9,13,18H,2,8H2,1H3. The average molecular weight is 324 g/mol. The molecular formula is C14H15BrFN3. The highest BCUT2D eigenvalue weighted by Gasteiger charge is 2.14. The molecule has 0 saturated heterocycles. The lowest BCUT2D eigenvalue weighted by Crippen LogP contribution is -2.24. The first kappa shape index (κ1) is 14.1. The van der Waals surface area contributed by atoms with Gasteiger partial charge in [-0.2, -0.15) is 0 Å². The van der Waals surface area contributed by atoms with Gasteiger partial charge in [-0.15, -0.1) is 0 Å². The predicted molar refractivity (Wildman–Crippen MR) is 76.3 cm³/mol. The molecular weight excluding hydrogens is 309 g/mol. The highest BCUT2D eigenvalue weighted by atomic mass is 79.9. The van der Waals surface area contributed by atoms with Crippen molar-refractivity contribution < 1.29 is 4.39 Å². The molecule has 1 atom stereocenters. The third kappa shape index (κ3) is 3.81. The first-order valence-electron chi connectivity index (χ1n) is 6.14. The number of nitrogens with zero attached hydrogens (tertiary/aromatic N) is 2. The zero-order valence-electron chi connectivity index (χ0n) is 10.6. The molecule has 19 heavy (non-hydrogen) atoms. The minimum Gasteiger partial charge on any atom is -0.309 e. The van der Waals surface area contributed by atoms with Crippen LogP contribution in [0.4, 0.5) is 4.39 Å². The molecule has 0 aliphatic carbocycles. The Hall–Kier alpha value is -1.33. The van der Waals surface area contributed by atoms with Crippen LogP contribution >= 0.6 is 15.9 Å². The van der Waals surface area contributed by atoms with Gasteiger partial charge in [0.05, 0.1) is 11.7 Å². The molecule has 1 N–H and O–H groups in total. The van der Waals surface area contributed by atoms with E-state index in [0.29, 0.717) is 6.42 Å². The summed E-state index contributed by atoms with van der Waals surface area (Å²) in [7, 11) is 0. The van der Waals surface area contributed by atoms with Crippen molar-refractivity contribution in [2.45, 2.75) is 19.4 Å². The maximum absolute atomic E-state index is 13.3. The first-order valence-corrected chi connectivity index (χ1v) is 6.93. The Labute approximate surface area is 120 Å². The van der Waals surface area contributed by atoms with Crippen LogP contribution in [0.2, 0.25) is 0 Å². The van der Waals surface area contributed by atoms with Gasteiger partial charge in [0.25, 0.3) is 0 Å². The van der Waals surface area contributed by atoms with Gasteiger partial charge in [0.15, 0.2) is 0 Å². The molecule has 0 saturated carbocycles. The molecule has 3 nitrogen and oxygen atoms in total. The highest BCUT2D eigenvalue weighted by Crippen LogP contribution is 2.23. The van der Waals surface area contributed by atoms with Crippen LogP contribution in [0.15, 0.2) is 41.3 Å². The van der Waals surface area contributed by atoms with Gasteiger partial charge in [-0.1, -0.05) is 22.9 Å². The summed E-state index contributed by atoms with van der Waals surface area (Å²) in [5.41, 5.74) is 1.78. The third-order valence-corrected chi connectivity index (χ3v) is 3.60. The molecule has 0 spiro atoms. The lowest BCUT2D eigenvalue weighted by atomic mass is 10.0. The number of halogens is 2. The molecule has 0 radical (unpaired) electrons. The van der Waals surface area contributed by atoms with E-state index in [1.54, 1.807) is 30.7 Å². The molecule has 5 heteroatoms. The fraction of sp³-hybridized carbons (Fsp3) is 0.286. The lowest BCUT2D eigenvalue weighted by Gasteiger charge is -2.17. The second-order valence-corrected chi connectivity index (χ2v) is 5.03. The molecule has 2 rings (SSSR count). The average Bonchev–Trinajstić information content (AvgIpc) is 2.43. The van der Waals surface area contributed by atoms with Crippen molar-refractivity contribution in [1.82, 2.24) is 15.3 Å². The number of aromatic nitrogens is 2. The van der Waals surface area contributed by atoms with Gasteiger partial charge >= 0.3 is 0 Å². The van der Waals surface area contributed by atoms with Crippen LogP contribution in [0.5, 0.6) is 0 Å². The number of likely N-dealkylation sites (N-methyl/N-ethyl adjacent to an activating group) is 1. The quantitative estimate of drug-likeness (QED) is 0.917. The van der Waals surface area contributed by atoms with Crippen LogP contribution in [-0.2, 0) is 6.42 Å². The molecule has 1 heterocycles. The Bertz CT molecular complexity index is 533. The molecule has 2 aromatic rings. The number of benzene rings is 1. The van der Waals surface area contributed by atoms with Gasteiger partial charge in [-0.25, -0.2) is 4.39 Å². The summed E-state index contributed by atoms with van der Waals surface area (Å²) in [6.45, 7) is 2.85. The number of hydrogen-bond acceptors (Lipinski definition) is 3. The Balaban J connectivity index is 2.24. The van der Waals surface area contributed by atoms with Gasteiger partial charge in [0.2, 0.25) is 0 Å². The highest BCUT2D eigenvalue weighted by molar-refractivity contribution is 9.10. The summed E-state index contributed by atoms with van der Waals surface area (Å²) in [6.07, 6.45) is 5.70. The summed E-state index contributed by atoms with van der Waals surface area (Å²) in [5.74, 6) is -0.229. The second kappa shape index (κ2) is 6.73. The molecule has 0 bridgehead atoms. The monoisotopic (exact) mass is 323 g/mol. The molecule has 0 amide bonds. The first-order chi connectivity index (χ1) is 9.20. The van der Waals surface area contributed by atoms with Gasteiger partial charge in [-0.05, 0) is 36.7 Å². The molecule has 0 aliphatic rings. The minimum absolute atomic E-state index is 0.0248. The van der Waals surface area contributed by atoms with Gasteiger partial charge < -0.3 is 5.32 Å². The van der Waals surface area contributed by atoms with Crippen LogP contribution in [0.1, 0.15) is 24.2 Å². The smallest absolute Gasteiger partial charge is 0.123 e. The van der Waals surface area contributed by atoms with Crippen molar-refractivity contribution in [3.8, 4) is 0 Å². The van der Waals surface area contributed by atoms with Crippen LogP contribution in [-0.4, -0.2) is 16.5 Å². The summed E-state index contributed by atoms with van der Waals surface area (Å²) < 4.78 is 14.2. The number of hydrogen-bond donors (Lipinski definition) is 1. The van der Waals surface area contributed by atoms with Crippen molar-refractivity contribution in [2.24, 2.45) is 0 Å². The zero-order chi connectivity index (χ0) is 13.7. The second-order valence-electron chi connectivity index (χ2n) is 4.18. The van der Waals surface area contributed by atoms with Crippen molar-refractivity contribution in [3.05, 3.63) is 58.3 Å². The van der Waals surface area contributed by atoms with E-state index in [9.17, 15) is 4.39 Å². The molecule has 1 unspecified atom stereocenters. The molecule has 1 aromatic heterocycles. The Morgan fingerprint density at radius 3 is 2.89 bits per heavy atom. The predicted octanol–water partition coefficient (Wildman–Crippen LogP) is 3.27. The van der Waals surface area contributed by atoms with Crippen LogP contribution < -0.4 is 5.32 Å². The summed E-state index contributed by atoms with van der Waals surface area (Å²) >= 11 is 3.45. The van der Waals surface area contributed by atoms with Gasteiger partial charge in [-0.3, -0.25) is 9.97 Å². The van der Waals surface area contributed by atoms with E-state index in [1.807, 2.05) is 6.92 Å². The van der Waals surface area contributed by atoms with E-state index in [2.05, 4.69) is 31.2 Å². The molecule has 100 valence electrons. The zero-order valence-corrected chi connectivity index (χ0v) is 12.2. The van der Waals surface area contributed by atoms with E-state index in [1.165, 1.54) is 6.07 Å². The fourth-order valence-corrected chi connectivity index (χ4v) is 2.35. The minimum atomic E-state index is -0.229. The summed E-state index contributed by atoms with van der Waals surface area (Å²) in [5, 5.41) is 3.35. The van der Waals surface area contributed by atoms with Crippen LogP contribution in [0.25, 0.3) is 0 Å². The Morgan fingerprint density at radius 2 is 2.21 bits per heavy atom. The topological polar surface area (TPSA) is 37.8 Å². The van der Waals surface area contributed by atoms with E-state index in [4.69, 9.17) is 0 Å². The van der Waals surface area contributed by atoms with Gasteiger partial charge in [0.1, 0.15) is 5.82 Å². The number of nitrogens with one attached hydrogen (secondary N) is 1. The lowest BCUT2D eigenvalue weighted by molar-refractivity contribution is 0.531. The fourth-order valence-electron chi connectivity index (χ4n) is 1.94. The van der Waals surface area contributed by atoms with Gasteiger partial charge in [0, 0.05) is 23.1 Å². The Morgan fingerprint density at radius 1 is 1.37 bits per heavy atom. The molecule has 0 aliphatic heterocycles. The van der Waals surface area contributed by atoms with Crippen molar-refractivity contribution in [2.75, 3.05) is 6.54 Å². The molecule has 0 fully saturated rings. The maximum Gasteiger partial charge on any atom is 0.123 e. The number of rotatable bonds is 5. The summed E-state index contributed by atoms with van der Waals surface area (Å²) in [6, 6.07) is 4.74.